The second-order valence-electron chi connectivity index (χ2n) is 5.18. The Labute approximate surface area is 123 Å². The molecule has 0 aliphatic rings. The summed E-state index contributed by atoms with van der Waals surface area (Å²) in [4.78, 5) is 0. The van der Waals surface area contributed by atoms with Crippen molar-refractivity contribution < 1.29 is 9.47 Å². The van der Waals surface area contributed by atoms with Gasteiger partial charge >= 0.3 is 0 Å². The monoisotopic (exact) mass is 279 g/mol. The van der Waals surface area contributed by atoms with Crippen LogP contribution in [-0.2, 0) is 6.42 Å². The van der Waals surface area contributed by atoms with Gasteiger partial charge in [0.1, 0.15) is 6.10 Å². The first kappa shape index (κ1) is 16.8. The zero-order chi connectivity index (χ0) is 14.8. The number of unbranched alkanes of at least 4 members (excludes halogenated alkanes) is 2. The number of nitrogens with one attached hydrogen (secondary N) is 1. The van der Waals surface area contributed by atoms with Crippen molar-refractivity contribution in [3.8, 4) is 11.5 Å². The van der Waals surface area contributed by atoms with Crippen LogP contribution in [-0.4, -0.2) is 26.3 Å². The summed E-state index contributed by atoms with van der Waals surface area (Å²) in [5.74, 6) is 1.65. The van der Waals surface area contributed by atoms with Crippen molar-refractivity contribution in [1.82, 2.24) is 5.32 Å². The zero-order valence-electron chi connectivity index (χ0n) is 13.4. The molecular formula is C17H29NO2. The van der Waals surface area contributed by atoms with Crippen LogP contribution in [0.4, 0.5) is 0 Å². The Bertz CT molecular complexity index is 379. The smallest absolute Gasteiger partial charge is 0.161 e. The number of methoxy groups -OCH3 is 1. The molecule has 3 nitrogen and oxygen atoms in total. The first-order valence-corrected chi connectivity index (χ1v) is 7.75. The van der Waals surface area contributed by atoms with Gasteiger partial charge in [-0.2, -0.15) is 0 Å². The van der Waals surface area contributed by atoms with E-state index in [1.165, 1.54) is 24.8 Å². The third-order valence-electron chi connectivity index (χ3n) is 3.35. The lowest BCUT2D eigenvalue weighted by Crippen LogP contribution is -2.29. The average Bonchev–Trinajstić information content (AvgIpc) is 2.47. The summed E-state index contributed by atoms with van der Waals surface area (Å²) in [6.45, 7) is 8.37. The van der Waals surface area contributed by atoms with Crippen LogP contribution in [0.1, 0.15) is 45.6 Å². The lowest BCUT2D eigenvalue weighted by Gasteiger charge is -2.18. The molecule has 0 aromatic heterocycles. The molecule has 1 aromatic carbocycles. The van der Waals surface area contributed by atoms with Crippen molar-refractivity contribution in [2.45, 2.75) is 52.6 Å². The van der Waals surface area contributed by atoms with Crippen LogP contribution in [0.2, 0.25) is 0 Å². The van der Waals surface area contributed by atoms with Crippen molar-refractivity contribution in [1.29, 1.82) is 0 Å². The van der Waals surface area contributed by atoms with Gasteiger partial charge in [0.2, 0.25) is 0 Å². The van der Waals surface area contributed by atoms with E-state index in [1.54, 1.807) is 7.11 Å². The van der Waals surface area contributed by atoms with Gasteiger partial charge in [-0.1, -0.05) is 32.8 Å². The van der Waals surface area contributed by atoms with E-state index in [2.05, 4.69) is 38.2 Å². The number of benzene rings is 1. The van der Waals surface area contributed by atoms with E-state index in [1.807, 2.05) is 6.07 Å². The van der Waals surface area contributed by atoms with E-state index in [4.69, 9.17) is 9.47 Å². The number of aryl methyl sites for hydroxylation is 1. The Hall–Kier alpha value is -1.22. The average molecular weight is 279 g/mol. The van der Waals surface area contributed by atoms with Gasteiger partial charge in [-0.3, -0.25) is 0 Å². The summed E-state index contributed by atoms with van der Waals surface area (Å²) < 4.78 is 11.4. The summed E-state index contributed by atoms with van der Waals surface area (Å²) in [7, 11) is 1.69. The van der Waals surface area contributed by atoms with Crippen molar-refractivity contribution in [3.05, 3.63) is 23.8 Å². The molecule has 114 valence electrons. The van der Waals surface area contributed by atoms with E-state index in [9.17, 15) is 0 Å². The van der Waals surface area contributed by atoms with Gasteiger partial charge in [0.05, 0.1) is 7.11 Å². The molecule has 0 radical (unpaired) electrons. The highest BCUT2D eigenvalue weighted by Crippen LogP contribution is 2.29. The summed E-state index contributed by atoms with van der Waals surface area (Å²) >= 11 is 0. The Balaban J connectivity index is 2.42. The lowest BCUT2D eigenvalue weighted by molar-refractivity contribution is 0.207. The van der Waals surface area contributed by atoms with Gasteiger partial charge < -0.3 is 14.8 Å². The summed E-state index contributed by atoms with van der Waals surface area (Å²) in [5.41, 5.74) is 1.26. The van der Waals surface area contributed by atoms with Crippen LogP contribution in [0.3, 0.4) is 0 Å². The Kier molecular flexibility index (Phi) is 8.12. The Morgan fingerprint density at radius 2 is 1.95 bits per heavy atom. The van der Waals surface area contributed by atoms with Crippen LogP contribution in [0, 0.1) is 0 Å². The highest BCUT2D eigenvalue weighted by molar-refractivity contribution is 5.43. The fourth-order valence-corrected chi connectivity index (χ4v) is 2.09. The largest absolute Gasteiger partial charge is 0.493 e. The molecule has 1 N–H and O–H groups in total. The van der Waals surface area contributed by atoms with Gasteiger partial charge in [-0.25, -0.2) is 0 Å². The van der Waals surface area contributed by atoms with Crippen molar-refractivity contribution in [2.75, 3.05) is 20.2 Å². The number of hydrogen-bond acceptors (Lipinski definition) is 3. The zero-order valence-corrected chi connectivity index (χ0v) is 13.4. The molecule has 0 aliphatic heterocycles. The van der Waals surface area contributed by atoms with Gasteiger partial charge in [0.25, 0.3) is 0 Å². The predicted molar refractivity (Wildman–Crippen MR) is 84.9 cm³/mol. The first-order chi connectivity index (χ1) is 9.71. The van der Waals surface area contributed by atoms with Crippen LogP contribution in [0.5, 0.6) is 11.5 Å². The summed E-state index contributed by atoms with van der Waals surface area (Å²) in [5, 5.41) is 3.43. The van der Waals surface area contributed by atoms with Crippen molar-refractivity contribution in [2.24, 2.45) is 0 Å². The molecule has 1 rings (SSSR count). The van der Waals surface area contributed by atoms with Crippen LogP contribution < -0.4 is 14.8 Å². The highest BCUT2D eigenvalue weighted by atomic mass is 16.5. The molecular weight excluding hydrogens is 250 g/mol. The molecule has 0 spiro atoms. The minimum Gasteiger partial charge on any atom is -0.493 e. The maximum Gasteiger partial charge on any atom is 0.161 e. The van der Waals surface area contributed by atoms with E-state index in [0.29, 0.717) is 0 Å². The minimum atomic E-state index is 0.137. The third-order valence-corrected chi connectivity index (χ3v) is 3.35. The molecule has 0 bridgehead atoms. The topological polar surface area (TPSA) is 30.5 Å². The second-order valence-corrected chi connectivity index (χ2v) is 5.18. The van der Waals surface area contributed by atoms with Crippen molar-refractivity contribution in [3.63, 3.8) is 0 Å². The third kappa shape index (κ3) is 5.83. The molecule has 20 heavy (non-hydrogen) atoms. The van der Waals surface area contributed by atoms with Crippen LogP contribution in [0.25, 0.3) is 0 Å². The molecule has 1 atom stereocenters. The summed E-state index contributed by atoms with van der Waals surface area (Å²) in [6, 6.07) is 6.15. The second kappa shape index (κ2) is 9.65. The van der Waals surface area contributed by atoms with Gasteiger partial charge in [-0.05, 0) is 44.0 Å². The van der Waals surface area contributed by atoms with E-state index in [-0.39, 0.29) is 6.10 Å². The molecule has 0 saturated carbocycles. The minimum absolute atomic E-state index is 0.137. The molecule has 0 amide bonds. The fraction of sp³-hybridized carbons (Fsp3) is 0.647. The summed E-state index contributed by atoms with van der Waals surface area (Å²) in [6.07, 6.45) is 4.92. The molecule has 1 aromatic rings. The number of ether oxygens (including phenoxy) is 2. The quantitative estimate of drug-likeness (QED) is 0.661. The van der Waals surface area contributed by atoms with E-state index >= 15 is 0 Å². The van der Waals surface area contributed by atoms with Gasteiger partial charge in [-0.15, -0.1) is 0 Å². The number of rotatable bonds is 10. The standard InChI is InChI=1S/C17H29NO2/c1-5-7-8-11-18-13-14(3)20-16-10-9-15(6-2)12-17(16)19-4/h9-10,12,14,18H,5-8,11,13H2,1-4H3. The maximum atomic E-state index is 5.95. The Morgan fingerprint density at radius 3 is 2.60 bits per heavy atom. The lowest BCUT2D eigenvalue weighted by atomic mass is 10.1. The van der Waals surface area contributed by atoms with Crippen LogP contribution >= 0.6 is 0 Å². The molecule has 0 saturated heterocycles. The highest BCUT2D eigenvalue weighted by Gasteiger charge is 2.09. The molecule has 3 heteroatoms. The van der Waals surface area contributed by atoms with Crippen molar-refractivity contribution >= 4 is 0 Å². The van der Waals surface area contributed by atoms with E-state index in [0.717, 1.165) is 31.0 Å². The van der Waals surface area contributed by atoms with Gasteiger partial charge in [0, 0.05) is 6.54 Å². The van der Waals surface area contributed by atoms with E-state index < -0.39 is 0 Å². The Morgan fingerprint density at radius 1 is 1.15 bits per heavy atom. The van der Waals surface area contributed by atoms with Crippen LogP contribution in [0.15, 0.2) is 18.2 Å². The molecule has 1 unspecified atom stereocenters. The molecule has 0 aliphatic carbocycles. The SMILES string of the molecule is CCCCCNCC(C)Oc1ccc(CC)cc1OC. The first-order valence-electron chi connectivity index (χ1n) is 7.75. The molecule has 0 fully saturated rings. The molecule has 0 heterocycles. The van der Waals surface area contributed by atoms with Gasteiger partial charge in [0.15, 0.2) is 11.5 Å². The fourth-order valence-electron chi connectivity index (χ4n) is 2.09. The normalized spacial score (nSPS) is 12.2. The maximum absolute atomic E-state index is 5.95. The number of hydrogen-bond donors (Lipinski definition) is 1. The predicted octanol–water partition coefficient (Wildman–Crippen LogP) is 3.80.